The van der Waals surface area contributed by atoms with Crippen molar-refractivity contribution in [1.29, 1.82) is 0 Å². The molecule has 10 heteroatoms. The standard InChI is InChI=1S/C34H32F2N6O2/c1-21(24-9-10-28(35)29(36)19-24)41-15-5-7-26(34(41)44)33(43)37-14-4-6-23-8-11-30-27(18-23)32-31(20-38-30)39-22(2)42(32)25-12-16-40(3)17-13-25/h5,7-11,15,18-21,25H,12-14,16-17H2,1-3H3,(H,37,43)/t21-/m0/s1. The largest absolute Gasteiger partial charge is 0.341 e. The molecule has 0 spiro atoms. The molecule has 44 heavy (non-hydrogen) atoms. The summed E-state index contributed by atoms with van der Waals surface area (Å²) in [5, 5.41) is 3.68. The first kappa shape index (κ1) is 29.2. The van der Waals surface area contributed by atoms with Gasteiger partial charge in [-0.1, -0.05) is 17.9 Å². The Bertz CT molecular complexity index is 2010. The molecule has 0 aliphatic carbocycles. The molecule has 0 unspecified atom stereocenters. The zero-order valence-corrected chi connectivity index (χ0v) is 24.8. The van der Waals surface area contributed by atoms with E-state index in [1.54, 1.807) is 13.0 Å². The number of piperidine rings is 1. The van der Waals surface area contributed by atoms with Gasteiger partial charge in [0.1, 0.15) is 16.9 Å². The third kappa shape index (κ3) is 5.58. The number of hydrogen-bond donors (Lipinski definition) is 1. The summed E-state index contributed by atoms with van der Waals surface area (Å²) in [7, 11) is 2.15. The Hall–Kier alpha value is -4.88. The topological polar surface area (TPSA) is 85.0 Å². The van der Waals surface area contributed by atoms with E-state index in [0.29, 0.717) is 11.6 Å². The van der Waals surface area contributed by atoms with Gasteiger partial charge < -0.3 is 19.4 Å². The zero-order chi connectivity index (χ0) is 31.0. The van der Waals surface area contributed by atoms with E-state index in [4.69, 9.17) is 4.98 Å². The van der Waals surface area contributed by atoms with Crippen LogP contribution in [0.25, 0.3) is 21.9 Å². The highest BCUT2D eigenvalue weighted by Crippen LogP contribution is 2.32. The number of aromatic nitrogens is 4. The number of halogens is 2. The van der Waals surface area contributed by atoms with Crippen LogP contribution in [0.15, 0.2) is 65.7 Å². The fourth-order valence-corrected chi connectivity index (χ4v) is 5.96. The number of hydrogen-bond acceptors (Lipinski definition) is 5. The highest BCUT2D eigenvalue weighted by atomic mass is 19.2. The Morgan fingerprint density at radius 2 is 1.89 bits per heavy atom. The minimum Gasteiger partial charge on any atom is -0.341 e. The molecule has 1 fully saturated rings. The lowest BCUT2D eigenvalue weighted by Crippen LogP contribution is -2.34. The predicted octanol–water partition coefficient (Wildman–Crippen LogP) is 4.99. The average Bonchev–Trinajstić information content (AvgIpc) is 3.37. The number of fused-ring (bicyclic) bond motifs is 3. The molecular formula is C34H32F2N6O2. The number of imidazole rings is 1. The highest BCUT2D eigenvalue weighted by Gasteiger charge is 2.23. The van der Waals surface area contributed by atoms with Crippen LogP contribution < -0.4 is 10.9 Å². The Morgan fingerprint density at radius 1 is 1.09 bits per heavy atom. The molecule has 1 aliphatic rings. The summed E-state index contributed by atoms with van der Waals surface area (Å²) in [4.78, 5) is 37.8. The van der Waals surface area contributed by atoms with Crippen molar-refractivity contribution in [3.05, 3.63) is 105 Å². The second kappa shape index (κ2) is 12.0. The molecule has 6 rings (SSSR count). The monoisotopic (exact) mass is 594 g/mol. The smallest absolute Gasteiger partial charge is 0.263 e. The second-order valence-electron chi connectivity index (χ2n) is 11.3. The van der Waals surface area contributed by atoms with Crippen molar-refractivity contribution in [3.8, 4) is 11.8 Å². The Morgan fingerprint density at radius 3 is 2.66 bits per heavy atom. The lowest BCUT2D eigenvalue weighted by atomic mass is 10.0. The van der Waals surface area contributed by atoms with E-state index in [0.717, 1.165) is 71.4 Å². The molecule has 2 aromatic carbocycles. The number of nitrogens with one attached hydrogen (secondary N) is 1. The summed E-state index contributed by atoms with van der Waals surface area (Å²) in [5.41, 5.74) is 3.36. The number of benzene rings is 2. The van der Waals surface area contributed by atoms with E-state index in [-0.39, 0.29) is 12.1 Å². The first-order valence-corrected chi connectivity index (χ1v) is 14.6. The normalized spacial score (nSPS) is 14.8. The second-order valence-corrected chi connectivity index (χ2v) is 11.3. The molecule has 1 saturated heterocycles. The Balaban J connectivity index is 1.20. The predicted molar refractivity (Wildman–Crippen MR) is 166 cm³/mol. The number of carbonyl (C=O) groups excluding carboxylic acids is 1. The molecule has 5 aromatic rings. The van der Waals surface area contributed by atoms with E-state index in [1.165, 1.54) is 22.9 Å². The molecular weight excluding hydrogens is 562 g/mol. The highest BCUT2D eigenvalue weighted by molar-refractivity contribution is 6.03. The van der Waals surface area contributed by atoms with Gasteiger partial charge in [-0.05, 0) is 94.9 Å². The molecule has 0 saturated carbocycles. The van der Waals surface area contributed by atoms with Gasteiger partial charge in [0.15, 0.2) is 11.6 Å². The van der Waals surface area contributed by atoms with Gasteiger partial charge in [-0.15, -0.1) is 0 Å². The summed E-state index contributed by atoms with van der Waals surface area (Å²) < 4.78 is 30.8. The van der Waals surface area contributed by atoms with Crippen LogP contribution in [0, 0.1) is 30.4 Å². The lowest BCUT2D eigenvalue weighted by molar-refractivity contribution is 0.0956. The van der Waals surface area contributed by atoms with Crippen LogP contribution >= 0.6 is 0 Å². The van der Waals surface area contributed by atoms with Gasteiger partial charge in [-0.25, -0.2) is 13.8 Å². The van der Waals surface area contributed by atoms with Crippen LogP contribution in [0.5, 0.6) is 0 Å². The molecule has 4 heterocycles. The molecule has 8 nitrogen and oxygen atoms in total. The summed E-state index contributed by atoms with van der Waals surface area (Å²) >= 11 is 0. The molecule has 224 valence electrons. The summed E-state index contributed by atoms with van der Waals surface area (Å²) in [6, 6.07) is 12.1. The number of amides is 1. The lowest BCUT2D eigenvalue weighted by Gasteiger charge is -2.31. The number of rotatable bonds is 5. The van der Waals surface area contributed by atoms with E-state index < -0.39 is 29.1 Å². The minimum absolute atomic E-state index is 0.0268. The van der Waals surface area contributed by atoms with Crippen molar-refractivity contribution in [2.24, 2.45) is 0 Å². The van der Waals surface area contributed by atoms with Crippen LogP contribution in [0.2, 0.25) is 0 Å². The van der Waals surface area contributed by atoms with Crippen molar-refractivity contribution >= 4 is 27.8 Å². The van der Waals surface area contributed by atoms with Crippen LogP contribution in [0.4, 0.5) is 8.78 Å². The third-order valence-electron chi connectivity index (χ3n) is 8.38. The van der Waals surface area contributed by atoms with Crippen molar-refractivity contribution in [2.45, 2.75) is 38.8 Å². The van der Waals surface area contributed by atoms with Crippen molar-refractivity contribution in [2.75, 3.05) is 26.7 Å². The van der Waals surface area contributed by atoms with Gasteiger partial charge in [0.25, 0.3) is 11.5 Å². The first-order chi connectivity index (χ1) is 21.2. The number of pyridine rings is 2. The molecule has 1 atom stereocenters. The molecule has 3 aromatic heterocycles. The molecule has 1 N–H and O–H groups in total. The molecule has 0 radical (unpaired) electrons. The van der Waals surface area contributed by atoms with Crippen LogP contribution in [0.3, 0.4) is 0 Å². The fraction of sp³-hybridized carbons (Fsp3) is 0.294. The fourth-order valence-electron chi connectivity index (χ4n) is 5.96. The van der Waals surface area contributed by atoms with Gasteiger partial charge >= 0.3 is 0 Å². The van der Waals surface area contributed by atoms with Crippen molar-refractivity contribution in [3.63, 3.8) is 0 Å². The van der Waals surface area contributed by atoms with Crippen molar-refractivity contribution in [1.82, 2.24) is 29.3 Å². The third-order valence-corrected chi connectivity index (χ3v) is 8.38. The summed E-state index contributed by atoms with van der Waals surface area (Å²) in [5.74, 6) is 4.53. The van der Waals surface area contributed by atoms with Gasteiger partial charge in [0, 0.05) is 23.2 Å². The van der Waals surface area contributed by atoms with E-state index in [1.807, 2.05) is 31.3 Å². The maximum Gasteiger partial charge on any atom is 0.263 e. The SMILES string of the molecule is Cc1nc2cnc3ccc(C#CCNC(=O)c4cccn([C@@H](C)c5ccc(F)c(F)c5)c4=O)cc3c2n1C1CCN(C)CC1. The maximum atomic E-state index is 13.8. The van der Waals surface area contributed by atoms with E-state index in [2.05, 4.69) is 38.7 Å². The van der Waals surface area contributed by atoms with Crippen LogP contribution in [-0.2, 0) is 0 Å². The summed E-state index contributed by atoms with van der Waals surface area (Å²) in [6.45, 7) is 5.83. The average molecular weight is 595 g/mol. The molecule has 0 bridgehead atoms. The van der Waals surface area contributed by atoms with Gasteiger partial charge in [-0.2, -0.15) is 0 Å². The van der Waals surface area contributed by atoms with Gasteiger partial charge in [0.05, 0.1) is 29.8 Å². The molecule has 1 amide bonds. The Labute approximate surface area is 253 Å². The van der Waals surface area contributed by atoms with Gasteiger partial charge in [-0.3, -0.25) is 14.6 Å². The van der Waals surface area contributed by atoms with E-state index >= 15 is 0 Å². The number of carbonyl (C=O) groups is 1. The van der Waals surface area contributed by atoms with Crippen molar-refractivity contribution < 1.29 is 13.6 Å². The quantitative estimate of drug-likeness (QED) is 0.290. The Kier molecular flexibility index (Phi) is 7.97. The number of likely N-dealkylation sites (tertiary alicyclic amines) is 1. The zero-order valence-electron chi connectivity index (χ0n) is 24.8. The summed E-state index contributed by atoms with van der Waals surface area (Å²) in [6.07, 6.45) is 5.45. The van der Waals surface area contributed by atoms with E-state index in [9.17, 15) is 18.4 Å². The van der Waals surface area contributed by atoms with Crippen LogP contribution in [0.1, 0.15) is 59.2 Å². The van der Waals surface area contributed by atoms with Crippen LogP contribution in [-0.4, -0.2) is 56.6 Å². The minimum atomic E-state index is -1.00. The number of aryl methyl sites for hydroxylation is 1. The number of nitrogens with zero attached hydrogens (tertiary/aromatic N) is 5. The van der Waals surface area contributed by atoms with Gasteiger partial charge in [0.2, 0.25) is 0 Å². The molecule has 1 aliphatic heterocycles. The first-order valence-electron chi connectivity index (χ1n) is 14.6. The maximum absolute atomic E-state index is 13.8.